The molecule has 21 heavy (non-hydrogen) atoms. The van der Waals surface area contributed by atoms with Gasteiger partial charge in [0.15, 0.2) is 0 Å². The van der Waals surface area contributed by atoms with Crippen molar-refractivity contribution in [2.75, 3.05) is 5.32 Å². The molecule has 0 spiro atoms. The molecule has 3 rings (SSSR count). The van der Waals surface area contributed by atoms with Crippen molar-refractivity contribution in [3.8, 4) is 0 Å². The number of amides is 1. The summed E-state index contributed by atoms with van der Waals surface area (Å²) in [7, 11) is 0. The molecule has 2 heterocycles. The lowest BCUT2D eigenvalue weighted by atomic mass is 10.2. The van der Waals surface area contributed by atoms with Crippen LogP contribution in [-0.4, -0.2) is 20.9 Å². The quantitative estimate of drug-likeness (QED) is 0.644. The summed E-state index contributed by atoms with van der Waals surface area (Å²) in [5, 5.41) is 4.23. The van der Waals surface area contributed by atoms with Gasteiger partial charge < -0.3 is 16.0 Å². The Labute approximate surface area is 125 Å². The van der Waals surface area contributed by atoms with Crippen LogP contribution in [0.2, 0.25) is 5.28 Å². The molecule has 2 aromatic heterocycles. The second-order valence-electron chi connectivity index (χ2n) is 4.48. The number of carbonyl (C=O) groups excluding carboxylic acids is 1. The first kappa shape index (κ1) is 13.4. The predicted octanol–water partition coefficient (Wildman–Crippen LogP) is 2.32. The third-order valence-corrected chi connectivity index (χ3v) is 3.33. The zero-order chi connectivity index (χ0) is 14.8. The third kappa shape index (κ3) is 2.66. The van der Waals surface area contributed by atoms with Gasteiger partial charge in [0.05, 0.1) is 5.56 Å². The number of halogens is 1. The number of nitrogens with one attached hydrogen (secondary N) is 2. The maximum absolute atomic E-state index is 11.4. The Morgan fingerprint density at radius 2 is 2.19 bits per heavy atom. The lowest BCUT2D eigenvalue weighted by Gasteiger charge is -2.08. The number of anilines is 1. The molecule has 0 saturated carbocycles. The van der Waals surface area contributed by atoms with E-state index in [1.165, 1.54) is 6.20 Å². The smallest absolute Gasteiger partial charge is 0.254 e. The number of rotatable bonds is 4. The molecule has 0 aliphatic heterocycles. The van der Waals surface area contributed by atoms with E-state index in [1.54, 1.807) is 0 Å². The van der Waals surface area contributed by atoms with E-state index in [2.05, 4.69) is 20.3 Å². The lowest BCUT2D eigenvalue weighted by molar-refractivity contribution is 0.100. The molecule has 0 saturated heterocycles. The second kappa shape index (κ2) is 5.41. The van der Waals surface area contributed by atoms with E-state index in [0.29, 0.717) is 12.4 Å². The summed E-state index contributed by atoms with van der Waals surface area (Å²) in [6.45, 7) is 0.484. The van der Waals surface area contributed by atoms with Gasteiger partial charge in [0, 0.05) is 29.8 Å². The van der Waals surface area contributed by atoms with E-state index >= 15 is 0 Å². The van der Waals surface area contributed by atoms with Gasteiger partial charge >= 0.3 is 0 Å². The number of fused-ring (bicyclic) bond motifs is 1. The van der Waals surface area contributed by atoms with E-state index in [0.717, 1.165) is 16.5 Å². The highest BCUT2D eigenvalue weighted by Crippen LogP contribution is 2.20. The predicted molar refractivity (Wildman–Crippen MR) is 81.2 cm³/mol. The van der Waals surface area contributed by atoms with Crippen molar-refractivity contribution >= 4 is 34.2 Å². The molecule has 6 nitrogen and oxygen atoms in total. The fourth-order valence-electron chi connectivity index (χ4n) is 2.13. The molecular weight excluding hydrogens is 290 g/mol. The van der Waals surface area contributed by atoms with Gasteiger partial charge in [0.1, 0.15) is 5.82 Å². The van der Waals surface area contributed by atoms with E-state index < -0.39 is 5.91 Å². The van der Waals surface area contributed by atoms with Crippen LogP contribution in [0.25, 0.3) is 10.9 Å². The number of benzene rings is 1. The van der Waals surface area contributed by atoms with E-state index in [9.17, 15) is 4.79 Å². The molecule has 0 radical (unpaired) electrons. The molecule has 1 aromatic carbocycles. The van der Waals surface area contributed by atoms with Crippen LogP contribution < -0.4 is 11.1 Å². The Bertz CT molecular complexity index is 814. The monoisotopic (exact) mass is 301 g/mol. The molecule has 0 fully saturated rings. The van der Waals surface area contributed by atoms with Crippen molar-refractivity contribution in [3.63, 3.8) is 0 Å². The largest absolute Gasteiger partial charge is 0.365 e. The number of carbonyl (C=O) groups is 1. The van der Waals surface area contributed by atoms with Gasteiger partial charge in [-0.3, -0.25) is 4.79 Å². The maximum Gasteiger partial charge on any atom is 0.254 e. The minimum absolute atomic E-state index is 0.0569. The minimum atomic E-state index is -0.604. The summed E-state index contributed by atoms with van der Waals surface area (Å²) in [6, 6.07) is 7.95. The number of para-hydroxylation sites is 1. The second-order valence-corrected chi connectivity index (χ2v) is 4.82. The third-order valence-electron chi connectivity index (χ3n) is 3.15. The van der Waals surface area contributed by atoms with E-state index in [1.807, 2.05) is 30.5 Å². The maximum atomic E-state index is 11.4. The number of hydrogen-bond acceptors (Lipinski definition) is 4. The highest BCUT2D eigenvalue weighted by atomic mass is 35.5. The van der Waals surface area contributed by atoms with Gasteiger partial charge in [-0.25, -0.2) is 4.98 Å². The molecule has 0 unspecified atom stereocenters. The fraction of sp³-hybridized carbons (Fsp3) is 0.0714. The molecule has 106 valence electrons. The average Bonchev–Trinajstić information content (AvgIpc) is 2.88. The number of aromatic nitrogens is 3. The van der Waals surface area contributed by atoms with Crippen molar-refractivity contribution in [2.24, 2.45) is 5.73 Å². The standard InChI is InChI=1S/C14H12ClN5O/c15-14-19-7-10(12(16)21)13(20-14)18-6-8-5-17-11-4-2-1-3-9(8)11/h1-5,7,17H,6H2,(H2,16,21)(H,18,19,20). The summed E-state index contributed by atoms with van der Waals surface area (Å²) < 4.78 is 0. The molecule has 0 aliphatic carbocycles. The van der Waals surface area contributed by atoms with Gasteiger partial charge in [0.25, 0.3) is 5.91 Å². The van der Waals surface area contributed by atoms with Gasteiger partial charge in [-0.2, -0.15) is 4.98 Å². The number of primary amides is 1. The SMILES string of the molecule is NC(=O)c1cnc(Cl)nc1NCc1c[nH]c2ccccc12. The molecule has 3 aromatic rings. The summed E-state index contributed by atoms with van der Waals surface area (Å²) in [5.74, 6) is -0.277. The fourth-order valence-corrected chi connectivity index (χ4v) is 2.27. The number of H-pyrrole nitrogens is 1. The summed E-state index contributed by atoms with van der Waals surface area (Å²) in [6.07, 6.45) is 3.22. The summed E-state index contributed by atoms with van der Waals surface area (Å²) >= 11 is 5.76. The van der Waals surface area contributed by atoms with Gasteiger partial charge in [0.2, 0.25) is 5.28 Å². The molecular formula is C14H12ClN5O. The minimum Gasteiger partial charge on any atom is -0.365 e. The van der Waals surface area contributed by atoms with Crippen LogP contribution in [-0.2, 0) is 6.54 Å². The van der Waals surface area contributed by atoms with Crippen LogP contribution in [0.3, 0.4) is 0 Å². The highest BCUT2D eigenvalue weighted by molar-refractivity contribution is 6.28. The van der Waals surface area contributed by atoms with Gasteiger partial charge in [-0.15, -0.1) is 0 Å². The van der Waals surface area contributed by atoms with Crippen LogP contribution in [0, 0.1) is 0 Å². The average molecular weight is 302 g/mol. The zero-order valence-corrected chi connectivity index (χ0v) is 11.7. The van der Waals surface area contributed by atoms with Gasteiger partial charge in [-0.1, -0.05) is 18.2 Å². The Morgan fingerprint density at radius 1 is 1.38 bits per heavy atom. The molecule has 1 amide bonds. The van der Waals surface area contributed by atoms with Crippen LogP contribution in [0.5, 0.6) is 0 Å². The Morgan fingerprint density at radius 3 is 3.00 bits per heavy atom. The van der Waals surface area contributed by atoms with E-state index in [-0.39, 0.29) is 10.8 Å². The first-order valence-electron chi connectivity index (χ1n) is 6.26. The van der Waals surface area contributed by atoms with E-state index in [4.69, 9.17) is 17.3 Å². The first-order valence-corrected chi connectivity index (χ1v) is 6.64. The summed E-state index contributed by atoms with van der Waals surface area (Å²) in [4.78, 5) is 22.3. The summed E-state index contributed by atoms with van der Waals surface area (Å²) in [5.41, 5.74) is 7.60. The zero-order valence-electron chi connectivity index (χ0n) is 10.9. The Balaban J connectivity index is 1.88. The highest BCUT2D eigenvalue weighted by Gasteiger charge is 2.12. The molecule has 7 heteroatoms. The van der Waals surface area contributed by atoms with Crippen LogP contribution in [0.1, 0.15) is 15.9 Å². The van der Waals surface area contributed by atoms with Crippen molar-refractivity contribution in [2.45, 2.75) is 6.54 Å². The number of nitrogens with zero attached hydrogens (tertiary/aromatic N) is 2. The van der Waals surface area contributed by atoms with Crippen LogP contribution in [0.15, 0.2) is 36.7 Å². The molecule has 0 aliphatic rings. The van der Waals surface area contributed by atoms with Crippen LogP contribution in [0.4, 0.5) is 5.82 Å². The Hall–Kier alpha value is -2.60. The van der Waals surface area contributed by atoms with Crippen LogP contribution >= 0.6 is 11.6 Å². The lowest BCUT2D eigenvalue weighted by Crippen LogP contribution is -2.16. The first-order chi connectivity index (χ1) is 10.1. The Kier molecular flexibility index (Phi) is 3.45. The van der Waals surface area contributed by atoms with Crippen molar-refractivity contribution < 1.29 is 4.79 Å². The molecule has 0 bridgehead atoms. The van der Waals surface area contributed by atoms with Gasteiger partial charge in [-0.05, 0) is 23.2 Å². The van der Waals surface area contributed by atoms with Crippen molar-refractivity contribution in [1.29, 1.82) is 0 Å². The molecule has 4 N–H and O–H groups in total. The molecule has 0 atom stereocenters. The number of nitrogens with two attached hydrogens (primary N) is 1. The van der Waals surface area contributed by atoms with Crippen molar-refractivity contribution in [3.05, 3.63) is 53.1 Å². The number of aromatic amines is 1. The normalized spacial score (nSPS) is 10.7. The van der Waals surface area contributed by atoms with Crippen molar-refractivity contribution in [1.82, 2.24) is 15.0 Å². The topological polar surface area (TPSA) is 96.7 Å². The number of hydrogen-bond donors (Lipinski definition) is 3.